The molecule has 4 rings (SSSR count). The zero-order valence-corrected chi connectivity index (χ0v) is 15.4. The molecule has 0 saturated carbocycles. The average Bonchev–Trinajstić information content (AvgIpc) is 2.97. The monoisotopic (exact) mass is 356 g/mol. The van der Waals surface area contributed by atoms with Crippen molar-refractivity contribution in [2.45, 2.75) is 25.0 Å². The van der Waals surface area contributed by atoms with Crippen LogP contribution in [0.2, 0.25) is 0 Å². The number of aromatic nitrogens is 1. The molecule has 0 radical (unpaired) electrons. The molecule has 0 aliphatic carbocycles. The van der Waals surface area contributed by atoms with E-state index in [1.807, 2.05) is 6.07 Å². The molecule has 1 N–H and O–H groups in total. The van der Waals surface area contributed by atoms with E-state index in [-0.39, 0.29) is 12.4 Å². The molecule has 0 spiro atoms. The Balaban J connectivity index is 0.00000182. The minimum Gasteiger partial charge on any atom is -0.384 e. The highest BCUT2D eigenvalue weighted by Gasteiger charge is 2.36. The Bertz CT molecular complexity index is 845. The third-order valence-corrected chi connectivity index (χ3v) is 5.23. The van der Waals surface area contributed by atoms with Crippen LogP contribution in [0.4, 0.5) is 0 Å². The third-order valence-electron chi connectivity index (χ3n) is 5.23. The molecule has 1 fully saturated rings. The number of benzene rings is 2. The molecule has 1 saturated heterocycles. The SMILES string of the molecule is Cl.Cn1ccc2c(C3(O)CCCN(Cc4ccccc4)C3)cccc21. The van der Waals surface area contributed by atoms with E-state index in [1.165, 1.54) is 16.5 Å². The number of nitrogens with zero attached hydrogens (tertiary/aromatic N) is 2. The van der Waals surface area contributed by atoms with Crippen molar-refractivity contribution in [1.82, 2.24) is 9.47 Å². The summed E-state index contributed by atoms with van der Waals surface area (Å²) in [6.07, 6.45) is 3.92. The highest BCUT2D eigenvalue weighted by atomic mass is 35.5. The molecule has 1 unspecified atom stereocenters. The molecule has 3 nitrogen and oxygen atoms in total. The highest BCUT2D eigenvalue weighted by Crippen LogP contribution is 2.36. The summed E-state index contributed by atoms with van der Waals surface area (Å²) in [7, 11) is 2.05. The predicted molar refractivity (Wildman–Crippen MR) is 105 cm³/mol. The van der Waals surface area contributed by atoms with E-state index in [0.717, 1.165) is 31.5 Å². The predicted octanol–water partition coefficient (Wildman–Crippen LogP) is 4.08. The van der Waals surface area contributed by atoms with Crippen molar-refractivity contribution in [1.29, 1.82) is 0 Å². The molecular weight excluding hydrogens is 332 g/mol. The largest absolute Gasteiger partial charge is 0.384 e. The molecule has 2 heterocycles. The van der Waals surface area contributed by atoms with Crippen molar-refractivity contribution in [2.75, 3.05) is 13.1 Å². The van der Waals surface area contributed by atoms with Crippen LogP contribution in [0.5, 0.6) is 0 Å². The fourth-order valence-corrected chi connectivity index (χ4v) is 4.03. The van der Waals surface area contributed by atoms with Gasteiger partial charge in [-0.05, 0) is 42.6 Å². The number of hydrogen-bond donors (Lipinski definition) is 1. The fraction of sp³-hybridized carbons (Fsp3) is 0.333. The van der Waals surface area contributed by atoms with Gasteiger partial charge in [0.1, 0.15) is 5.60 Å². The lowest BCUT2D eigenvalue weighted by molar-refractivity contribution is -0.0370. The van der Waals surface area contributed by atoms with Crippen LogP contribution in [0.25, 0.3) is 10.9 Å². The van der Waals surface area contributed by atoms with E-state index in [4.69, 9.17) is 0 Å². The lowest BCUT2D eigenvalue weighted by atomic mass is 9.84. The van der Waals surface area contributed by atoms with E-state index in [2.05, 4.69) is 71.2 Å². The van der Waals surface area contributed by atoms with Crippen molar-refractivity contribution in [3.8, 4) is 0 Å². The number of likely N-dealkylation sites (tertiary alicyclic amines) is 1. The van der Waals surface area contributed by atoms with Gasteiger partial charge in [0.2, 0.25) is 0 Å². The van der Waals surface area contributed by atoms with Gasteiger partial charge in [0.25, 0.3) is 0 Å². The van der Waals surface area contributed by atoms with E-state index >= 15 is 0 Å². The minimum atomic E-state index is -0.770. The number of β-amino-alcohol motifs (C(OH)–C–C–N with tert-alkyl or cyclic N) is 1. The lowest BCUT2D eigenvalue weighted by Crippen LogP contribution is -2.45. The summed E-state index contributed by atoms with van der Waals surface area (Å²) < 4.78 is 2.12. The molecule has 0 amide bonds. The van der Waals surface area contributed by atoms with Gasteiger partial charge in [0.15, 0.2) is 0 Å². The Morgan fingerprint density at radius 3 is 2.64 bits per heavy atom. The Kier molecular flexibility index (Phi) is 5.19. The molecule has 0 bridgehead atoms. The van der Waals surface area contributed by atoms with E-state index in [9.17, 15) is 5.11 Å². The van der Waals surface area contributed by atoms with Crippen LogP contribution in [0.15, 0.2) is 60.8 Å². The van der Waals surface area contributed by atoms with Gasteiger partial charge in [0, 0.05) is 37.2 Å². The summed E-state index contributed by atoms with van der Waals surface area (Å²) >= 11 is 0. The molecule has 1 aromatic heterocycles. The molecule has 2 aromatic carbocycles. The molecule has 1 aliphatic rings. The zero-order chi connectivity index (χ0) is 16.6. The second-order valence-electron chi connectivity index (χ2n) is 7.00. The van der Waals surface area contributed by atoms with E-state index in [0.29, 0.717) is 6.54 Å². The average molecular weight is 357 g/mol. The second-order valence-corrected chi connectivity index (χ2v) is 7.00. The number of hydrogen-bond acceptors (Lipinski definition) is 2. The Labute approximate surface area is 155 Å². The van der Waals surface area contributed by atoms with Crippen molar-refractivity contribution >= 4 is 23.3 Å². The van der Waals surface area contributed by atoms with Crippen molar-refractivity contribution < 1.29 is 5.11 Å². The normalized spacial score (nSPS) is 21.2. The summed E-state index contributed by atoms with van der Waals surface area (Å²) in [4.78, 5) is 2.38. The smallest absolute Gasteiger partial charge is 0.103 e. The van der Waals surface area contributed by atoms with E-state index < -0.39 is 5.60 Å². The van der Waals surface area contributed by atoms with Gasteiger partial charge < -0.3 is 9.67 Å². The number of piperidine rings is 1. The van der Waals surface area contributed by atoms with Gasteiger partial charge in [-0.1, -0.05) is 42.5 Å². The number of halogens is 1. The van der Waals surface area contributed by atoms with Crippen molar-refractivity contribution in [2.24, 2.45) is 7.05 Å². The van der Waals surface area contributed by atoms with Gasteiger partial charge in [-0.3, -0.25) is 4.90 Å². The molecule has 4 heteroatoms. The van der Waals surface area contributed by atoms with Gasteiger partial charge >= 0.3 is 0 Å². The maximum absolute atomic E-state index is 11.4. The van der Waals surface area contributed by atoms with E-state index in [1.54, 1.807) is 0 Å². The first-order valence-corrected chi connectivity index (χ1v) is 8.69. The summed E-state index contributed by atoms with van der Waals surface area (Å²) in [6.45, 7) is 2.63. The molecule has 1 atom stereocenters. The van der Waals surface area contributed by atoms with Crippen LogP contribution < -0.4 is 0 Å². The number of aliphatic hydroxyl groups is 1. The topological polar surface area (TPSA) is 28.4 Å². The zero-order valence-electron chi connectivity index (χ0n) is 14.6. The second kappa shape index (κ2) is 7.20. The van der Waals surface area contributed by atoms with Gasteiger partial charge in [-0.15, -0.1) is 12.4 Å². The molecule has 132 valence electrons. The van der Waals surface area contributed by atoms with Gasteiger partial charge in [0.05, 0.1) is 0 Å². The van der Waals surface area contributed by atoms with Crippen LogP contribution in [-0.4, -0.2) is 27.7 Å². The molecule has 25 heavy (non-hydrogen) atoms. The van der Waals surface area contributed by atoms with Crippen LogP contribution in [0.3, 0.4) is 0 Å². The quantitative estimate of drug-likeness (QED) is 0.765. The minimum absolute atomic E-state index is 0. The number of aryl methyl sites for hydroxylation is 1. The van der Waals surface area contributed by atoms with Crippen LogP contribution in [0.1, 0.15) is 24.0 Å². The van der Waals surface area contributed by atoms with Crippen LogP contribution >= 0.6 is 12.4 Å². The van der Waals surface area contributed by atoms with Crippen LogP contribution in [0, 0.1) is 0 Å². The summed E-state index contributed by atoms with van der Waals surface area (Å²) in [6, 6.07) is 18.9. The fourth-order valence-electron chi connectivity index (χ4n) is 4.03. The molecule has 3 aromatic rings. The maximum atomic E-state index is 11.4. The third kappa shape index (κ3) is 3.45. The standard InChI is InChI=1S/C21H24N2O.ClH/c1-22-14-11-18-19(9-5-10-20(18)22)21(24)12-6-13-23(16-21)15-17-7-3-2-4-8-17;/h2-5,7-11,14,24H,6,12-13,15-16H2,1H3;1H. The Morgan fingerprint density at radius 2 is 1.84 bits per heavy atom. The van der Waals surface area contributed by atoms with Crippen molar-refractivity contribution in [3.05, 3.63) is 71.9 Å². The van der Waals surface area contributed by atoms with Gasteiger partial charge in [-0.25, -0.2) is 0 Å². The summed E-state index contributed by atoms with van der Waals surface area (Å²) in [5, 5.41) is 12.6. The first-order chi connectivity index (χ1) is 11.7. The maximum Gasteiger partial charge on any atom is 0.103 e. The molecule has 1 aliphatic heterocycles. The Morgan fingerprint density at radius 1 is 1.04 bits per heavy atom. The lowest BCUT2D eigenvalue weighted by Gasteiger charge is -2.40. The molecular formula is C21H25ClN2O. The number of rotatable bonds is 3. The van der Waals surface area contributed by atoms with Gasteiger partial charge in [-0.2, -0.15) is 0 Å². The first-order valence-electron chi connectivity index (χ1n) is 8.69. The first kappa shape index (κ1) is 18.0. The summed E-state index contributed by atoms with van der Waals surface area (Å²) in [5.74, 6) is 0. The highest BCUT2D eigenvalue weighted by molar-refractivity contribution is 5.85. The van der Waals surface area contributed by atoms with Crippen molar-refractivity contribution in [3.63, 3.8) is 0 Å². The number of fused-ring (bicyclic) bond motifs is 1. The summed E-state index contributed by atoms with van der Waals surface area (Å²) in [5.41, 5.74) is 2.78. The Hall–Kier alpha value is -1.81. The van der Waals surface area contributed by atoms with Crippen LogP contribution in [-0.2, 0) is 19.2 Å².